The minimum Gasteiger partial charge on any atom is -0.755 e. The SMILES string of the molecule is Cc1c(-c2ccc(NS(=O)[O-])cc2)ccn2c(=O)c(C(=O)O)cc(C3CC3)c12. The van der Waals surface area contributed by atoms with E-state index in [1.54, 1.807) is 36.5 Å². The van der Waals surface area contributed by atoms with Crippen LogP contribution in [0, 0.1) is 6.92 Å². The number of hydrogen-bond acceptors (Lipinski definition) is 4. The minimum atomic E-state index is -2.39. The molecule has 1 fully saturated rings. The van der Waals surface area contributed by atoms with Gasteiger partial charge in [0.05, 0.1) is 5.52 Å². The number of carboxylic acids is 1. The fraction of sp³-hybridized carbons (Fsp3) is 0.200. The zero-order valence-electron chi connectivity index (χ0n) is 15.0. The molecule has 1 saturated carbocycles. The van der Waals surface area contributed by atoms with Gasteiger partial charge in [-0.3, -0.25) is 13.4 Å². The third kappa shape index (κ3) is 3.21. The second-order valence-corrected chi connectivity index (χ2v) is 7.56. The first-order valence-corrected chi connectivity index (χ1v) is 9.83. The Morgan fingerprint density at radius 3 is 2.50 bits per heavy atom. The number of pyridine rings is 2. The first kappa shape index (κ1) is 18.4. The maximum absolute atomic E-state index is 12.6. The molecule has 0 amide bonds. The van der Waals surface area contributed by atoms with Crippen LogP contribution in [0.3, 0.4) is 0 Å². The third-order valence-corrected chi connectivity index (χ3v) is 5.46. The lowest BCUT2D eigenvalue weighted by molar-refractivity contribution is 0.0694. The van der Waals surface area contributed by atoms with E-state index in [4.69, 9.17) is 0 Å². The highest BCUT2D eigenvalue weighted by atomic mass is 32.2. The first-order valence-electron chi connectivity index (χ1n) is 8.75. The third-order valence-electron chi connectivity index (χ3n) is 5.06. The Bertz CT molecular complexity index is 1180. The first-order chi connectivity index (χ1) is 13.4. The molecule has 3 aromatic rings. The second kappa shape index (κ2) is 6.88. The van der Waals surface area contributed by atoms with Gasteiger partial charge in [0.1, 0.15) is 5.56 Å². The normalized spacial score (nSPS) is 14.8. The van der Waals surface area contributed by atoms with E-state index >= 15 is 0 Å². The van der Waals surface area contributed by atoms with Gasteiger partial charge in [-0.05, 0) is 72.2 Å². The molecule has 0 saturated heterocycles. The summed E-state index contributed by atoms with van der Waals surface area (Å²) in [5.74, 6) is -0.955. The number of hydrogen-bond donors (Lipinski definition) is 2. The number of anilines is 1. The largest absolute Gasteiger partial charge is 0.755 e. The highest BCUT2D eigenvalue weighted by Crippen LogP contribution is 2.43. The minimum absolute atomic E-state index is 0.215. The standard InChI is InChI=1S/C20H18N2O5S/c1-11-15(12-4-6-14(7-5-12)21-28(26)27)8-9-22-18(11)16(13-2-3-13)10-17(19(22)23)20(24)25/h4-10,13,21H,2-3H2,1H3,(H,24,25)(H,26,27)/p-1. The van der Waals surface area contributed by atoms with Crippen molar-refractivity contribution in [1.29, 1.82) is 0 Å². The number of benzene rings is 1. The van der Waals surface area contributed by atoms with E-state index in [2.05, 4.69) is 4.72 Å². The van der Waals surface area contributed by atoms with Crippen molar-refractivity contribution in [2.75, 3.05) is 4.72 Å². The number of carboxylic acid groups (broad SMARTS) is 1. The summed E-state index contributed by atoms with van der Waals surface area (Å²) >= 11 is -2.39. The molecule has 28 heavy (non-hydrogen) atoms. The average Bonchev–Trinajstić information content (AvgIpc) is 3.48. The van der Waals surface area contributed by atoms with E-state index in [0.29, 0.717) is 5.69 Å². The number of fused-ring (bicyclic) bond motifs is 1. The molecule has 0 bridgehead atoms. The highest BCUT2D eigenvalue weighted by Gasteiger charge is 2.29. The van der Waals surface area contributed by atoms with Gasteiger partial charge in [-0.25, -0.2) is 4.79 Å². The van der Waals surface area contributed by atoms with Crippen LogP contribution in [0.4, 0.5) is 5.69 Å². The maximum Gasteiger partial charge on any atom is 0.341 e. The topological polar surface area (TPSA) is 111 Å². The van der Waals surface area contributed by atoms with Crippen molar-refractivity contribution in [3.05, 3.63) is 69.6 Å². The van der Waals surface area contributed by atoms with E-state index in [1.807, 2.05) is 6.92 Å². The Kier molecular flexibility index (Phi) is 4.52. The van der Waals surface area contributed by atoms with Crippen molar-refractivity contribution in [3.8, 4) is 11.1 Å². The zero-order valence-corrected chi connectivity index (χ0v) is 15.8. The van der Waals surface area contributed by atoms with Gasteiger partial charge in [0.15, 0.2) is 0 Å². The molecule has 7 nitrogen and oxygen atoms in total. The van der Waals surface area contributed by atoms with Crippen molar-refractivity contribution >= 4 is 28.4 Å². The molecule has 1 aliphatic carbocycles. The molecule has 0 spiro atoms. The Morgan fingerprint density at radius 1 is 1.25 bits per heavy atom. The summed E-state index contributed by atoms with van der Waals surface area (Å²) in [6, 6.07) is 10.2. The van der Waals surface area contributed by atoms with Crippen LogP contribution in [0.2, 0.25) is 0 Å². The van der Waals surface area contributed by atoms with Crippen LogP contribution in [-0.2, 0) is 11.3 Å². The Balaban J connectivity index is 1.90. The average molecular weight is 397 g/mol. The number of aromatic nitrogens is 1. The number of aryl methyl sites for hydroxylation is 1. The molecule has 1 aromatic carbocycles. The molecular weight excluding hydrogens is 380 g/mol. The molecule has 1 unspecified atom stereocenters. The number of carbonyl (C=O) groups is 1. The number of nitrogens with zero attached hydrogens (tertiary/aromatic N) is 1. The van der Waals surface area contributed by atoms with Crippen molar-refractivity contribution < 1.29 is 18.7 Å². The van der Waals surface area contributed by atoms with Crippen LogP contribution in [-0.4, -0.2) is 24.2 Å². The molecule has 2 N–H and O–H groups in total. The Hall–Kier alpha value is -2.97. The fourth-order valence-corrected chi connectivity index (χ4v) is 3.91. The maximum atomic E-state index is 12.6. The highest BCUT2D eigenvalue weighted by molar-refractivity contribution is 7.80. The van der Waals surface area contributed by atoms with Gasteiger partial charge in [0, 0.05) is 23.2 Å². The monoisotopic (exact) mass is 397 g/mol. The lowest BCUT2D eigenvalue weighted by atomic mass is 9.96. The molecule has 0 aliphatic heterocycles. The van der Waals surface area contributed by atoms with Crippen molar-refractivity contribution in [2.45, 2.75) is 25.7 Å². The number of nitrogens with one attached hydrogen (secondary N) is 1. The number of rotatable bonds is 5. The van der Waals surface area contributed by atoms with E-state index < -0.39 is 22.8 Å². The summed E-state index contributed by atoms with van der Waals surface area (Å²) in [5.41, 5.74) is 3.99. The molecule has 2 heterocycles. The van der Waals surface area contributed by atoms with Gasteiger partial charge < -0.3 is 14.4 Å². The van der Waals surface area contributed by atoms with Gasteiger partial charge in [0.2, 0.25) is 0 Å². The molecule has 144 valence electrons. The quantitative estimate of drug-likeness (QED) is 0.643. The summed E-state index contributed by atoms with van der Waals surface area (Å²) < 4.78 is 25.2. The van der Waals surface area contributed by atoms with E-state index in [9.17, 15) is 23.5 Å². The molecule has 0 radical (unpaired) electrons. The molecular formula is C20H17N2O5S-. The van der Waals surface area contributed by atoms with Crippen LogP contribution in [0.25, 0.3) is 16.6 Å². The molecule has 1 atom stereocenters. The predicted molar refractivity (Wildman–Crippen MR) is 105 cm³/mol. The van der Waals surface area contributed by atoms with Crippen LogP contribution < -0.4 is 10.3 Å². The van der Waals surface area contributed by atoms with Gasteiger partial charge in [0.25, 0.3) is 5.56 Å². The van der Waals surface area contributed by atoms with Gasteiger partial charge in [-0.1, -0.05) is 12.1 Å². The molecule has 2 aromatic heterocycles. The smallest absolute Gasteiger partial charge is 0.341 e. The summed E-state index contributed by atoms with van der Waals surface area (Å²) in [6.45, 7) is 1.91. The summed E-state index contributed by atoms with van der Waals surface area (Å²) in [5, 5.41) is 9.38. The van der Waals surface area contributed by atoms with Crippen LogP contribution in [0.5, 0.6) is 0 Å². The summed E-state index contributed by atoms with van der Waals surface area (Å²) in [4.78, 5) is 24.1. The van der Waals surface area contributed by atoms with Crippen LogP contribution in [0.15, 0.2) is 47.4 Å². The molecule has 1 aliphatic rings. The Morgan fingerprint density at radius 2 is 1.93 bits per heavy atom. The van der Waals surface area contributed by atoms with Gasteiger partial charge in [-0.2, -0.15) is 0 Å². The zero-order chi connectivity index (χ0) is 20.0. The Labute approximate surface area is 163 Å². The van der Waals surface area contributed by atoms with Gasteiger partial charge in [-0.15, -0.1) is 0 Å². The van der Waals surface area contributed by atoms with Gasteiger partial charge >= 0.3 is 5.97 Å². The van der Waals surface area contributed by atoms with E-state index in [-0.39, 0.29) is 11.5 Å². The van der Waals surface area contributed by atoms with Crippen LogP contribution in [0.1, 0.15) is 40.2 Å². The summed E-state index contributed by atoms with van der Waals surface area (Å²) in [7, 11) is 0. The van der Waals surface area contributed by atoms with E-state index in [0.717, 1.165) is 40.6 Å². The molecule has 8 heteroatoms. The summed E-state index contributed by atoms with van der Waals surface area (Å²) in [6.07, 6.45) is 3.56. The van der Waals surface area contributed by atoms with Crippen molar-refractivity contribution in [3.63, 3.8) is 0 Å². The fourth-order valence-electron chi connectivity index (χ4n) is 3.58. The number of aromatic carboxylic acids is 1. The molecule has 4 rings (SSSR count). The predicted octanol–water partition coefficient (Wildman–Crippen LogP) is 3.06. The van der Waals surface area contributed by atoms with Crippen LogP contribution >= 0.6 is 0 Å². The van der Waals surface area contributed by atoms with E-state index in [1.165, 1.54) is 10.5 Å². The second-order valence-electron chi connectivity index (χ2n) is 6.89. The lowest BCUT2D eigenvalue weighted by Gasteiger charge is -2.16. The van der Waals surface area contributed by atoms with Crippen molar-refractivity contribution in [2.24, 2.45) is 0 Å². The lowest BCUT2D eigenvalue weighted by Crippen LogP contribution is -2.23. The van der Waals surface area contributed by atoms with Crippen molar-refractivity contribution in [1.82, 2.24) is 4.40 Å².